The summed E-state index contributed by atoms with van der Waals surface area (Å²) in [6, 6.07) is 8.18. The van der Waals surface area contributed by atoms with Crippen LogP contribution in [0.25, 0.3) is 0 Å². The summed E-state index contributed by atoms with van der Waals surface area (Å²) < 4.78 is 77.3. The Morgan fingerprint density at radius 1 is 0.867 bits per heavy atom. The number of benzene rings is 2. The molecule has 2 amide bonds. The van der Waals surface area contributed by atoms with Crippen LogP contribution in [0.5, 0.6) is 11.5 Å². The summed E-state index contributed by atoms with van der Waals surface area (Å²) in [5, 5.41) is 4.20. The molecule has 2 aromatic rings. The molecule has 8 nitrogen and oxygen atoms in total. The summed E-state index contributed by atoms with van der Waals surface area (Å²) in [6.45, 7) is 0.624. The van der Waals surface area contributed by atoms with Gasteiger partial charge in [0.15, 0.2) is 17.3 Å². The van der Waals surface area contributed by atoms with Crippen molar-refractivity contribution in [1.29, 1.82) is 0 Å². The van der Waals surface area contributed by atoms with Crippen molar-refractivity contribution in [2.24, 2.45) is 11.8 Å². The third-order valence-electron chi connectivity index (χ3n) is 6.84. The first-order chi connectivity index (χ1) is 20.9. The summed E-state index contributed by atoms with van der Waals surface area (Å²) in [5.74, 6) is -12.7. The molecule has 2 atom stereocenters. The number of halogens is 7. The van der Waals surface area contributed by atoms with E-state index in [-0.39, 0.29) is 24.3 Å². The Morgan fingerprint density at radius 3 is 2.04 bits per heavy atom. The van der Waals surface area contributed by atoms with Gasteiger partial charge in [-0.1, -0.05) is 49.2 Å². The molecule has 0 saturated heterocycles. The molecular formula is C30H33Cl2F5N2O6. The Balaban J connectivity index is 2.31. The number of carbonyl (C=O) groups excluding carboxylic acids is 4. The highest BCUT2D eigenvalue weighted by Gasteiger charge is 2.51. The van der Waals surface area contributed by atoms with Crippen molar-refractivity contribution in [1.82, 2.24) is 10.6 Å². The number of amides is 2. The first kappa shape index (κ1) is 37.7. The van der Waals surface area contributed by atoms with Crippen molar-refractivity contribution in [2.45, 2.75) is 57.7 Å². The second-order valence-corrected chi connectivity index (χ2v) is 11.3. The van der Waals surface area contributed by atoms with E-state index in [0.29, 0.717) is 27.6 Å². The number of ether oxygens (including phenoxy) is 2. The van der Waals surface area contributed by atoms with Crippen LogP contribution in [0.1, 0.15) is 37.8 Å². The SMILES string of the molecule is COc1ccc(C[C@H](NC(=O)CCc2ccc(Cl)c(Cl)c2)C(=O)C[C@H](C(=O)C(F)(F)C(=O)NCC(F)(F)F)C(C)C)cc1OC. The molecule has 248 valence electrons. The minimum atomic E-state index is -4.99. The van der Waals surface area contributed by atoms with Gasteiger partial charge < -0.3 is 20.1 Å². The number of aryl methyl sites for hydroxylation is 1. The molecule has 2 N–H and O–H groups in total. The number of nitrogens with one attached hydrogen (secondary N) is 2. The number of carbonyl (C=O) groups is 4. The highest BCUT2D eigenvalue weighted by atomic mass is 35.5. The number of Topliss-reactive ketones (excluding diaryl/α,β-unsaturated/α-hetero) is 2. The topological polar surface area (TPSA) is 111 Å². The number of rotatable bonds is 16. The number of ketones is 2. The molecule has 2 aromatic carbocycles. The first-order valence-electron chi connectivity index (χ1n) is 13.6. The zero-order chi connectivity index (χ0) is 34.1. The van der Waals surface area contributed by atoms with Gasteiger partial charge in [-0.15, -0.1) is 0 Å². The van der Waals surface area contributed by atoms with Crippen LogP contribution in [0.4, 0.5) is 22.0 Å². The van der Waals surface area contributed by atoms with Gasteiger partial charge in [-0.3, -0.25) is 19.2 Å². The predicted molar refractivity (Wildman–Crippen MR) is 157 cm³/mol. The van der Waals surface area contributed by atoms with Crippen LogP contribution < -0.4 is 20.1 Å². The van der Waals surface area contributed by atoms with E-state index in [1.54, 1.807) is 36.4 Å². The Labute approximate surface area is 266 Å². The fraction of sp³-hybridized carbons (Fsp3) is 0.467. The second kappa shape index (κ2) is 16.2. The lowest BCUT2D eigenvalue weighted by Gasteiger charge is -2.26. The minimum absolute atomic E-state index is 0.0995. The predicted octanol–water partition coefficient (Wildman–Crippen LogP) is 5.79. The average molecular weight is 683 g/mol. The van der Waals surface area contributed by atoms with Crippen LogP contribution >= 0.6 is 23.2 Å². The minimum Gasteiger partial charge on any atom is -0.493 e. The Kier molecular flexibility index (Phi) is 13.6. The molecule has 0 radical (unpaired) electrons. The third kappa shape index (κ3) is 11.1. The van der Waals surface area contributed by atoms with Crippen LogP contribution in [0.2, 0.25) is 10.0 Å². The molecule has 45 heavy (non-hydrogen) atoms. The van der Waals surface area contributed by atoms with Gasteiger partial charge in [0.2, 0.25) is 11.7 Å². The van der Waals surface area contributed by atoms with Crippen molar-refractivity contribution in [3.8, 4) is 11.5 Å². The van der Waals surface area contributed by atoms with Gasteiger partial charge in [0.05, 0.1) is 30.3 Å². The molecule has 0 spiro atoms. The van der Waals surface area contributed by atoms with E-state index in [9.17, 15) is 41.1 Å². The van der Waals surface area contributed by atoms with Crippen molar-refractivity contribution < 1.29 is 50.6 Å². The molecule has 0 aliphatic rings. The largest absolute Gasteiger partial charge is 0.493 e. The van der Waals surface area contributed by atoms with E-state index < -0.39 is 66.3 Å². The summed E-state index contributed by atoms with van der Waals surface area (Å²) in [5.41, 5.74) is 1.17. The lowest BCUT2D eigenvalue weighted by molar-refractivity contribution is -0.167. The van der Waals surface area contributed by atoms with Crippen molar-refractivity contribution in [3.05, 3.63) is 57.6 Å². The second-order valence-electron chi connectivity index (χ2n) is 10.5. The molecule has 0 aliphatic heterocycles. The molecule has 0 bridgehead atoms. The van der Waals surface area contributed by atoms with E-state index in [2.05, 4.69) is 5.32 Å². The molecule has 0 saturated carbocycles. The van der Waals surface area contributed by atoms with Crippen LogP contribution in [0.15, 0.2) is 36.4 Å². The quantitative estimate of drug-likeness (QED) is 0.172. The lowest BCUT2D eigenvalue weighted by Crippen LogP contribution is -2.52. The van der Waals surface area contributed by atoms with Crippen LogP contribution in [-0.2, 0) is 32.0 Å². The van der Waals surface area contributed by atoms with Crippen LogP contribution in [0.3, 0.4) is 0 Å². The van der Waals surface area contributed by atoms with Gasteiger partial charge in [0, 0.05) is 18.8 Å². The lowest BCUT2D eigenvalue weighted by atomic mass is 9.82. The van der Waals surface area contributed by atoms with Crippen molar-refractivity contribution in [3.63, 3.8) is 0 Å². The Hall–Kier alpha value is -3.45. The van der Waals surface area contributed by atoms with E-state index in [0.717, 1.165) is 5.32 Å². The van der Waals surface area contributed by atoms with E-state index >= 15 is 0 Å². The van der Waals surface area contributed by atoms with Gasteiger partial charge in [-0.05, 0) is 54.2 Å². The van der Waals surface area contributed by atoms with Crippen LogP contribution in [0, 0.1) is 11.8 Å². The van der Waals surface area contributed by atoms with Gasteiger partial charge in [-0.2, -0.15) is 22.0 Å². The van der Waals surface area contributed by atoms with E-state index in [1.807, 2.05) is 0 Å². The smallest absolute Gasteiger partial charge is 0.405 e. The zero-order valence-electron chi connectivity index (χ0n) is 24.8. The van der Waals surface area contributed by atoms with E-state index in [4.69, 9.17) is 32.7 Å². The van der Waals surface area contributed by atoms with Gasteiger partial charge in [0.1, 0.15) is 6.54 Å². The maximum atomic E-state index is 14.7. The summed E-state index contributed by atoms with van der Waals surface area (Å²) in [4.78, 5) is 51.2. The molecular weight excluding hydrogens is 650 g/mol. The highest BCUT2D eigenvalue weighted by molar-refractivity contribution is 6.42. The molecule has 0 aromatic heterocycles. The standard InChI is InChI=1S/C30H33Cl2F5N2O6/c1-16(2)19(27(42)30(36,37)28(43)38-15-29(33,34)35)14-23(40)22(12-18-6-9-24(44-3)25(13-18)45-4)39-26(41)10-7-17-5-8-20(31)21(32)11-17/h5-6,8-9,11,13,16,19,22H,7,10,12,14-15H2,1-4H3,(H,38,43)(H,39,41)/t19-,22-/m0/s1. The number of hydrogen-bond acceptors (Lipinski definition) is 6. The molecule has 2 rings (SSSR count). The fourth-order valence-electron chi connectivity index (χ4n) is 4.33. The zero-order valence-corrected chi connectivity index (χ0v) is 26.3. The molecule has 0 unspecified atom stereocenters. The molecule has 0 fully saturated rings. The first-order valence-corrected chi connectivity index (χ1v) is 14.4. The number of hydrogen-bond donors (Lipinski definition) is 2. The third-order valence-corrected chi connectivity index (χ3v) is 7.58. The average Bonchev–Trinajstić information content (AvgIpc) is 2.97. The summed E-state index contributed by atoms with van der Waals surface area (Å²) in [7, 11) is 2.80. The summed E-state index contributed by atoms with van der Waals surface area (Å²) in [6.07, 6.45) is -5.84. The van der Waals surface area contributed by atoms with Crippen molar-refractivity contribution in [2.75, 3.05) is 20.8 Å². The van der Waals surface area contributed by atoms with Crippen LogP contribution in [-0.4, -0.2) is 62.3 Å². The van der Waals surface area contributed by atoms with Crippen molar-refractivity contribution >= 4 is 46.6 Å². The maximum Gasteiger partial charge on any atom is 0.405 e. The van der Waals surface area contributed by atoms with Gasteiger partial charge >= 0.3 is 12.1 Å². The highest BCUT2D eigenvalue weighted by Crippen LogP contribution is 2.30. The fourth-order valence-corrected chi connectivity index (χ4v) is 4.66. The molecule has 0 heterocycles. The molecule has 0 aliphatic carbocycles. The Morgan fingerprint density at radius 2 is 1.49 bits per heavy atom. The maximum absolute atomic E-state index is 14.7. The summed E-state index contributed by atoms with van der Waals surface area (Å²) >= 11 is 12.0. The van der Waals surface area contributed by atoms with Gasteiger partial charge in [0.25, 0.3) is 5.91 Å². The molecule has 15 heteroatoms. The van der Waals surface area contributed by atoms with Gasteiger partial charge in [-0.25, -0.2) is 0 Å². The van der Waals surface area contributed by atoms with E-state index in [1.165, 1.54) is 28.1 Å². The Bertz CT molecular complexity index is 1390. The monoisotopic (exact) mass is 682 g/mol. The number of alkyl halides is 5. The normalized spacial score (nSPS) is 13.2. The number of methoxy groups -OCH3 is 2.